The number of hydrogen-bond donors (Lipinski definition) is 1. The number of unbranched alkanes of at least 4 members (excludes halogenated alkanes) is 3. The zero-order valence-electron chi connectivity index (χ0n) is 14.0. The summed E-state index contributed by atoms with van der Waals surface area (Å²) in [5, 5.41) is 12.1. The third kappa shape index (κ3) is 6.98. The molecule has 2 aromatic rings. The van der Waals surface area contributed by atoms with Crippen LogP contribution < -0.4 is 5.32 Å². The molecule has 2 nitrogen and oxygen atoms in total. The molecular weight excluding hydrogens is 292 g/mol. The first-order chi connectivity index (χ1) is 11.9. The summed E-state index contributed by atoms with van der Waals surface area (Å²) in [5.74, 6) is 0. The minimum absolute atomic E-state index is 0.702. The number of rotatable bonds is 9. The molecule has 2 aromatic carbocycles. The van der Waals surface area contributed by atoms with E-state index < -0.39 is 0 Å². The molecule has 0 aliphatic carbocycles. The van der Waals surface area contributed by atoms with Crippen molar-refractivity contribution in [1.29, 1.82) is 5.26 Å². The summed E-state index contributed by atoms with van der Waals surface area (Å²) in [6, 6.07) is 20.1. The van der Waals surface area contributed by atoms with E-state index in [4.69, 9.17) is 5.26 Å². The Morgan fingerprint density at radius 3 is 2.42 bits per heavy atom. The largest absolute Gasteiger partial charge is 0.385 e. The molecule has 0 fully saturated rings. The van der Waals surface area contributed by atoms with Crippen LogP contribution in [0.5, 0.6) is 0 Å². The number of allylic oxidation sites excluding steroid dienone is 3. The highest BCUT2D eigenvalue weighted by atomic mass is 14.9. The van der Waals surface area contributed by atoms with Crippen molar-refractivity contribution in [3.05, 3.63) is 84.0 Å². The molecule has 24 heavy (non-hydrogen) atoms. The quantitative estimate of drug-likeness (QED) is 0.469. The van der Waals surface area contributed by atoms with Crippen molar-refractivity contribution >= 4 is 11.8 Å². The van der Waals surface area contributed by atoms with Gasteiger partial charge in [0.1, 0.15) is 0 Å². The van der Waals surface area contributed by atoms with Gasteiger partial charge in [-0.15, -0.1) is 0 Å². The van der Waals surface area contributed by atoms with Gasteiger partial charge in [0.25, 0.3) is 0 Å². The average Bonchev–Trinajstić information content (AvgIpc) is 2.64. The molecular formula is C22H24N2. The van der Waals surface area contributed by atoms with Gasteiger partial charge < -0.3 is 5.32 Å². The Balaban J connectivity index is 1.51. The molecule has 1 N–H and O–H groups in total. The Hall–Kier alpha value is -2.79. The fourth-order valence-corrected chi connectivity index (χ4v) is 2.36. The van der Waals surface area contributed by atoms with Gasteiger partial charge in [0, 0.05) is 12.2 Å². The first kappa shape index (κ1) is 17.6. The molecule has 0 amide bonds. The average molecular weight is 316 g/mol. The van der Waals surface area contributed by atoms with Gasteiger partial charge in [-0.1, -0.05) is 61.1 Å². The first-order valence-corrected chi connectivity index (χ1v) is 8.51. The molecule has 2 rings (SSSR count). The smallest absolute Gasteiger partial charge is 0.0991 e. The molecule has 0 aliphatic rings. The van der Waals surface area contributed by atoms with E-state index in [2.05, 4.69) is 60.0 Å². The topological polar surface area (TPSA) is 35.8 Å². The van der Waals surface area contributed by atoms with Crippen LogP contribution in [0.25, 0.3) is 6.08 Å². The maximum atomic E-state index is 8.76. The summed E-state index contributed by atoms with van der Waals surface area (Å²) < 4.78 is 0. The molecule has 0 aromatic heterocycles. The molecule has 122 valence electrons. The van der Waals surface area contributed by atoms with E-state index >= 15 is 0 Å². The first-order valence-electron chi connectivity index (χ1n) is 8.51. The Labute approximate surface area is 145 Å². The number of anilines is 1. The summed E-state index contributed by atoms with van der Waals surface area (Å²) in [6.07, 6.45) is 13.3. The lowest BCUT2D eigenvalue weighted by atomic mass is 10.1. The van der Waals surface area contributed by atoms with Crippen LogP contribution in [0, 0.1) is 11.3 Å². The summed E-state index contributed by atoms with van der Waals surface area (Å²) in [7, 11) is 0. The van der Waals surface area contributed by atoms with E-state index in [1.807, 2.05) is 30.3 Å². The molecule has 0 radical (unpaired) electrons. The zero-order valence-corrected chi connectivity index (χ0v) is 14.0. The van der Waals surface area contributed by atoms with Gasteiger partial charge in [-0.05, 0) is 49.1 Å². The summed E-state index contributed by atoms with van der Waals surface area (Å²) in [6.45, 7) is 0.976. The van der Waals surface area contributed by atoms with Crippen molar-refractivity contribution in [3.63, 3.8) is 0 Å². The highest BCUT2D eigenvalue weighted by Crippen LogP contribution is 2.09. The van der Waals surface area contributed by atoms with Crippen LogP contribution >= 0.6 is 0 Å². The summed E-state index contributed by atoms with van der Waals surface area (Å²) >= 11 is 0. The predicted octanol–water partition coefficient (Wildman–Crippen LogP) is 5.80. The van der Waals surface area contributed by atoms with E-state index in [1.54, 1.807) is 0 Å². The van der Waals surface area contributed by atoms with E-state index in [9.17, 15) is 0 Å². The van der Waals surface area contributed by atoms with E-state index in [0.717, 1.165) is 25.1 Å². The van der Waals surface area contributed by atoms with E-state index in [1.165, 1.54) is 18.4 Å². The molecule has 0 saturated carbocycles. The SMILES string of the molecule is N#Cc1ccc(NCCCCCC=CC=Cc2ccccc2)cc1. The van der Waals surface area contributed by atoms with Crippen LogP contribution in [0.2, 0.25) is 0 Å². The monoisotopic (exact) mass is 316 g/mol. The Bertz CT molecular complexity index is 676. The third-order valence-electron chi connectivity index (χ3n) is 3.73. The number of nitriles is 1. The van der Waals surface area contributed by atoms with Crippen LogP contribution in [0.1, 0.15) is 36.8 Å². The maximum Gasteiger partial charge on any atom is 0.0991 e. The van der Waals surface area contributed by atoms with Crippen molar-refractivity contribution in [3.8, 4) is 6.07 Å². The van der Waals surface area contributed by atoms with Crippen LogP contribution in [-0.2, 0) is 0 Å². The maximum absolute atomic E-state index is 8.76. The third-order valence-corrected chi connectivity index (χ3v) is 3.73. The van der Waals surface area contributed by atoms with Gasteiger partial charge in [-0.25, -0.2) is 0 Å². The second-order valence-corrected chi connectivity index (χ2v) is 5.66. The van der Waals surface area contributed by atoms with Crippen LogP contribution in [0.15, 0.2) is 72.8 Å². The summed E-state index contributed by atoms with van der Waals surface area (Å²) in [4.78, 5) is 0. The van der Waals surface area contributed by atoms with Gasteiger partial charge in [-0.3, -0.25) is 0 Å². The lowest BCUT2D eigenvalue weighted by molar-refractivity contribution is 0.708. The molecule has 0 unspecified atom stereocenters. The minimum atomic E-state index is 0.702. The van der Waals surface area contributed by atoms with Gasteiger partial charge in [0.2, 0.25) is 0 Å². The number of nitrogens with one attached hydrogen (secondary N) is 1. The van der Waals surface area contributed by atoms with E-state index in [0.29, 0.717) is 5.56 Å². The van der Waals surface area contributed by atoms with Crippen molar-refractivity contribution in [2.24, 2.45) is 0 Å². The molecule has 2 heteroatoms. The van der Waals surface area contributed by atoms with Crippen molar-refractivity contribution in [2.45, 2.75) is 25.7 Å². The second-order valence-electron chi connectivity index (χ2n) is 5.66. The van der Waals surface area contributed by atoms with Gasteiger partial charge in [0.05, 0.1) is 11.6 Å². The van der Waals surface area contributed by atoms with Crippen molar-refractivity contribution in [1.82, 2.24) is 0 Å². The standard InChI is InChI=1S/C22H24N2/c23-19-21-14-16-22(17-15-21)24-18-10-5-3-1-2-4-7-11-20-12-8-6-9-13-20/h2,4,6-9,11-17,24H,1,3,5,10,18H2. The van der Waals surface area contributed by atoms with Crippen molar-refractivity contribution < 1.29 is 0 Å². The Kier molecular flexibility index (Phi) is 7.94. The zero-order chi connectivity index (χ0) is 16.9. The van der Waals surface area contributed by atoms with Crippen LogP contribution in [0.4, 0.5) is 5.69 Å². The molecule has 0 saturated heterocycles. The molecule has 0 aliphatic heterocycles. The number of hydrogen-bond acceptors (Lipinski definition) is 2. The molecule has 0 heterocycles. The molecule has 0 atom stereocenters. The Morgan fingerprint density at radius 2 is 1.67 bits per heavy atom. The molecule has 0 bridgehead atoms. The van der Waals surface area contributed by atoms with Crippen molar-refractivity contribution in [2.75, 3.05) is 11.9 Å². The van der Waals surface area contributed by atoms with Gasteiger partial charge in [-0.2, -0.15) is 5.26 Å². The second kappa shape index (κ2) is 10.9. The highest BCUT2D eigenvalue weighted by Gasteiger charge is 1.93. The minimum Gasteiger partial charge on any atom is -0.385 e. The number of benzene rings is 2. The normalized spacial score (nSPS) is 11.0. The number of nitrogens with zero attached hydrogens (tertiary/aromatic N) is 1. The fourth-order valence-electron chi connectivity index (χ4n) is 2.36. The predicted molar refractivity (Wildman–Crippen MR) is 103 cm³/mol. The lowest BCUT2D eigenvalue weighted by Gasteiger charge is -2.05. The Morgan fingerprint density at radius 1 is 0.875 bits per heavy atom. The van der Waals surface area contributed by atoms with Gasteiger partial charge >= 0.3 is 0 Å². The van der Waals surface area contributed by atoms with Crippen LogP contribution in [0.3, 0.4) is 0 Å². The van der Waals surface area contributed by atoms with E-state index in [-0.39, 0.29) is 0 Å². The lowest BCUT2D eigenvalue weighted by Crippen LogP contribution is -2.00. The molecule has 0 spiro atoms. The highest BCUT2D eigenvalue weighted by molar-refractivity contribution is 5.50. The van der Waals surface area contributed by atoms with Gasteiger partial charge in [0.15, 0.2) is 0 Å². The fraction of sp³-hybridized carbons (Fsp3) is 0.227. The van der Waals surface area contributed by atoms with Crippen LogP contribution in [-0.4, -0.2) is 6.54 Å². The summed E-state index contributed by atoms with van der Waals surface area (Å²) in [5.41, 5.74) is 3.02.